The summed E-state index contributed by atoms with van der Waals surface area (Å²) in [5, 5.41) is 0.337. The Balaban J connectivity index is 3.41. The quantitative estimate of drug-likeness (QED) is 0.501. The highest BCUT2D eigenvalue weighted by atomic mass is 28.4. The van der Waals surface area contributed by atoms with Gasteiger partial charge in [-0.15, -0.1) is 0 Å². The van der Waals surface area contributed by atoms with E-state index in [9.17, 15) is 0 Å². The topological polar surface area (TPSA) is 0 Å². The molecular weight excluding hydrogens is 227 g/mol. The SMILES string of the molecule is Cc1ccc([Si](F)(C(C)(C)C)C(C)(C)C)cc1. The minimum atomic E-state index is -3.05. The minimum Gasteiger partial charge on any atom is -0.307 e. The molecular formula is C15H25FSi. The summed E-state index contributed by atoms with van der Waals surface area (Å²) in [5.74, 6) is 0. The van der Waals surface area contributed by atoms with Gasteiger partial charge in [0.2, 0.25) is 0 Å². The lowest BCUT2D eigenvalue weighted by Crippen LogP contribution is -2.57. The molecule has 17 heavy (non-hydrogen) atoms. The molecule has 0 bridgehead atoms. The molecule has 0 nitrogen and oxygen atoms in total. The summed E-state index contributed by atoms with van der Waals surface area (Å²) in [5.41, 5.74) is 1.19. The van der Waals surface area contributed by atoms with Crippen LogP contribution in [0.15, 0.2) is 24.3 Å². The molecule has 1 aromatic rings. The molecule has 1 rings (SSSR count). The van der Waals surface area contributed by atoms with E-state index >= 15 is 4.11 Å². The Morgan fingerprint density at radius 1 is 0.824 bits per heavy atom. The van der Waals surface area contributed by atoms with Crippen LogP contribution in [0.3, 0.4) is 0 Å². The number of hydrogen-bond donors (Lipinski definition) is 0. The molecule has 0 fully saturated rings. The Labute approximate surface area is 106 Å². The average molecular weight is 252 g/mol. The van der Waals surface area contributed by atoms with Gasteiger partial charge in [0.05, 0.1) is 0 Å². The van der Waals surface area contributed by atoms with Crippen LogP contribution in [0.1, 0.15) is 47.1 Å². The van der Waals surface area contributed by atoms with Gasteiger partial charge in [-0.05, 0) is 22.2 Å². The van der Waals surface area contributed by atoms with Gasteiger partial charge in [-0.1, -0.05) is 71.4 Å². The predicted octanol–water partition coefficient (Wildman–Crippen LogP) is 4.72. The maximum absolute atomic E-state index is 15.8. The van der Waals surface area contributed by atoms with Crippen LogP contribution in [0.4, 0.5) is 4.11 Å². The predicted molar refractivity (Wildman–Crippen MR) is 77.1 cm³/mol. The summed E-state index contributed by atoms with van der Waals surface area (Å²) >= 11 is 0. The van der Waals surface area contributed by atoms with Crippen LogP contribution in [-0.4, -0.2) is 8.41 Å². The van der Waals surface area contributed by atoms with Gasteiger partial charge in [0.1, 0.15) is 0 Å². The summed E-state index contributed by atoms with van der Waals surface area (Å²) in [6, 6.07) is 8.01. The number of benzene rings is 1. The Bertz CT molecular complexity index is 365. The molecule has 0 aliphatic carbocycles. The number of hydrogen-bond acceptors (Lipinski definition) is 0. The first-order valence-electron chi connectivity index (χ1n) is 6.26. The lowest BCUT2D eigenvalue weighted by molar-refractivity contribution is 0.535. The van der Waals surface area contributed by atoms with E-state index in [-0.39, 0.29) is 10.1 Å². The Kier molecular flexibility index (Phi) is 3.59. The third-order valence-corrected chi connectivity index (χ3v) is 8.78. The lowest BCUT2D eigenvalue weighted by atomic mass is 10.2. The maximum atomic E-state index is 15.8. The smallest absolute Gasteiger partial charge is 0.288 e. The fourth-order valence-electron chi connectivity index (χ4n) is 2.77. The largest absolute Gasteiger partial charge is 0.307 e. The zero-order chi connectivity index (χ0) is 13.5. The van der Waals surface area contributed by atoms with E-state index in [1.807, 2.05) is 72.7 Å². The van der Waals surface area contributed by atoms with Gasteiger partial charge in [0, 0.05) is 0 Å². The standard InChI is InChI=1S/C15H25FSi/c1-12-8-10-13(11-9-12)17(16,14(2,3)4)15(5,6)7/h8-11H,1-7H3. The fourth-order valence-corrected chi connectivity index (χ4v) is 7.38. The highest BCUT2D eigenvalue weighted by Crippen LogP contribution is 2.51. The van der Waals surface area contributed by atoms with Crippen molar-refractivity contribution in [2.24, 2.45) is 0 Å². The van der Waals surface area contributed by atoms with E-state index in [0.717, 1.165) is 5.19 Å². The first-order valence-corrected chi connectivity index (χ1v) is 8.14. The molecule has 2 heteroatoms. The van der Waals surface area contributed by atoms with Gasteiger partial charge in [0.25, 0.3) is 8.41 Å². The molecule has 0 aliphatic heterocycles. The third-order valence-electron chi connectivity index (χ3n) is 3.52. The monoisotopic (exact) mass is 252 g/mol. The number of halogens is 1. The zero-order valence-electron chi connectivity index (χ0n) is 12.2. The molecule has 0 atom stereocenters. The Morgan fingerprint density at radius 3 is 1.47 bits per heavy atom. The van der Waals surface area contributed by atoms with Crippen molar-refractivity contribution in [3.63, 3.8) is 0 Å². The molecule has 0 spiro atoms. The van der Waals surface area contributed by atoms with E-state index in [1.165, 1.54) is 5.56 Å². The first kappa shape index (κ1) is 14.4. The zero-order valence-corrected chi connectivity index (χ0v) is 13.2. The van der Waals surface area contributed by atoms with Gasteiger partial charge in [-0.3, -0.25) is 0 Å². The van der Waals surface area contributed by atoms with Crippen LogP contribution in [-0.2, 0) is 0 Å². The fraction of sp³-hybridized carbons (Fsp3) is 0.600. The third kappa shape index (κ3) is 2.47. The molecule has 0 heterocycles. The van der Waals surface area contributed by atoms with Gasteiger partial charge in [-0.25, -0.2) is 0 Å². The van der Waals surface area contributed by atoms with Crippen LogP contribution in [0, 0.1) is 6.92 Å². The molecule has 0 saturated carbocycles. The normalized spacial score (nSPS) is 13.9. The summed E-state index contributed by atoms with van der Waals surface area (Å²) in [6.45, 7) is 14.2. The summed E-state index contributed by atoms with van der Waals surface area (Å²) in [6.07, 6.45) is 0. The van der Waals surface area contributed by atoms with Crippen LogP contribution in [0.5, 0.6) is 0 Å². The Hall–Kier alpha value is -0.633. The van der Waals surface area contributed by atoms with Crippen molar-refractivity contribution in [1.29, 1.82) is 0 Å². The van der Waals surface area contributed by atoms with Crippen molar-refractivity contribution in [2.75, 3.05) is 0 Å². The molecule has 96 valence electrons. The Morgan fingerprint density at radius 2 is 1.18 bits per heavy atom. The second-order valence-corrected chi connectivity index (χ2v) is 11.9. The van der Waals surface area contributed by atoms with E-state index in [2.05, 4.69) is 0 Å². The molecule has 0 aliphatic rings. The number of aryl methyl sites for hydroxylation is 1. The van der Waals surface area contributed by atoms with Crippen molar-refractivity contribution < 1.29 is 4.11 Å². The van der Waals surface area contributed by atoms with Crippen molar-refractivity contribution in [1.82, 2.24) is 0 Å². The van der Waals surface area contributed by atoms with E-state index in [4.69, 9.17) is 0 Å². The second kappa shape index (κ2) is 4.24. The van der Waals surface area contributed by atoms with Crippen molar-refractivity contribution >= 4 is 13.6 Å². The van der Waals surface area contributed by atoms with E-state index < -0.39 is 8.41 Å². The highest BCUT2D eigenvalue weighted by Gasteiger charge is 2.56. The molecule has 0 N–H and O–H groups in total. The van der Waals surface area contributed by atoms with Gasteiger partial charge >= 0.3 is 0 Å². The molecule has 0 saturated heterocycles. The maximum Gasteiger partial charge on any atom is 0.288 e. The minimum absolute atomic E-state index is 0.291. The molecule has 1 aromatic carbocycles. The van der Waals surface area contributed by atoms with Gasteiger partial charge < -0.3 is 4.11 Å². The molecule has 0 radical (unpaired) electrons. The van der Waals surface area contributed by atoms with Crippen molar-refractivity contribution in [2.45, 2.75) is 58.5 Å². The second-order valence-electron chi connectivity index (χ2n) is 7.02. The van der Waals surface area contributed by atoms with Crippen LogP contribution in [0.2, 0.25) is 10.1 Å². The van der Waals surface area contributed by atoms with Crippen LogP contribution in [0.25, 0.3) is 0 Å². The van der Waals surface area contributed by atoms with Crippen molar-refractivity contribution in [3.8, 4) is 0 Å². The first-order chi connectivity index (χ1) is 7.50. The summed E-state index contributed by atoms with van der Waals surface area (Å²) in [4.78, 5) is 0. The molecule has 0 aromatic heterocycles. The van der Waals surface area contributed by atoms with E-state index in [1.54, 1.807) is 0 Å². The van der Waals surface area contributed by atoms with Gasteiger partial charge in [-0.2, -0.15) is 0 Å². The van der Waals surface area contributed by atoms with Crippen LogP contribution < -0.4 is 5.19 Å². The summed E-state index contributed by atoms with van der Waals surface area (Å²) in [7, 11) is -3.05. The number of rotatable bonds is 1. The highest BCUT2D eigenvalue weighted by molar-refractivity contribution is 6.90. The summed E-state index contributed by atoms with van der Waals surface area (Å²) < 4.78 is 15.8. The van der Waals surface area contributed by atoms with E-state index in [0.29, 0.717) is 0 Å². The van der Waals surface area contributed by atoms with Crippen molar-refractivity contribution in [3.05, 3.63) is 29.8 Å². The van der Waals surface area contributed by atoms with Crippen LogP contribution >= 0.6 is 0 Å². The lowest BCUT2D eigenvalue weighted by Gasteiger charge is -2.44. The average Bonchev–Trinajstić information content (AvgIpc) is 2.14. The molecule has 0 amide bonds. The van der Waals surface area contributed by atoms with Gasteiger partial charge in [0.15, 0.2) is 0 Å². The molecule has 0 unspecified atom stereocenters.